The van der Waals surface area contributed by atoms with Gasteiger partial charge in [0.1, 0.15) is 16.9 Å². The second kappa shape index (κ2) is 5.71. The van der Waals surface area contributed by atoms with Gasteiger partial charge in [-0.2, -0.15) is 4.57 Å². The molecule has 0 fully saturated rings. The van der Waals surface area contributed by atoms with E-state index >= 15 is 0 Å². The first-order valence-corrected chi connectivity index (χ1v) is 9.95. The molecule has 4 aromatic carbocycles. The van der Waals surface area contributed by atoms with Crippen molar-refractivity contribution in [1.82, 2.24) is 4.57 Å². The first-order chi connectivity index (χ1) is 14.1. The van der Waals surface area contributed by atoms with E-state index in [1.54, 1.807) is 0 Å². The van der Waals surface area contributed by atoms with Gasteiger partial charge >= 0.3 is 0 Å². The van der Waals surface area contributed by atoms with E-state index < -0.39 is 0 Å². The Labute approximate surface area is 168 Å². The average Bonchev–Trinajstić information content (AvgIpc) is 3.24. The molecule has 0 aliphatic rings. The van der Waals surface area contributed by atoms with E-state index in [2.05, 4.69) is 90.7 Å². The summed E-state index contributed by atoms with van der Waals surface area (Å²) in [5, 5.41) is 4.71. The van der Waals surface area contributed by atoms with E-state index in [4.69, 9.17) is 4.42 Å². The maximum Gasteiger partial charge on any atom is 0.259 e. The van der Waals surface area contributed by atoms with Crippen LogP contribution in [0.3, 0.4) is 0 Å². The van der Waals surface area contributed by atoms with Gasteiger partial charge in [0, 0.05) is 17.7 Å². The van der Waals surface area contributed by atoms with Gasteiger partial charge in [0.2, 0.25) is 0 Å². The van der Waals surface area contributed by atoms with Gasteiger partial charge in [-0.3, -0.25) is 0 Å². The fraction of sp³-hybridized carbons (Fsp3) is 0.115. The van der Waals surface area contributed by atoms with Gasteiger partial charge in [0.05, 0.1) is 12.4 Å². The summed E-state index contributed by atoms with van der Waals surface area (Å²) in [6.07, 6.45) is 0. The van der Waals surface area contributed by atoms with Crippen LogP contribution in [0.4, 0.5) is 0 Å². The van der Waals surface area contributed by atoms with Crippen LogP contribution >= 0.6 is 0 Å². The Kier molecular flexibility index (Phi) is 3.22. The van der Waals surface area contributed by atoms with Gasteiger partial charge in [-0.15, -0.1) is 0 Å². The molecule has 2 aromatic heterocycles. The molecule has 0 aliphatic heterocycles. The van der Waals surface area contributed by atoms with Crippen LogP contribution in [0, 0.1) is 13.8 Å². The third-order valence-electron chi connectivity index (χ3n) is 6.22. The van der Waals surface area contributed by atoms with Crippen LogP contribution in [-0.2, 0) is 7.05 Å². The number of aryl methyl sites for hydroxylation is 2. The quantitative estimate of drug-likeness (QED) is 0.316. The topological polar surface area (TPSA) is 21.9 Å². The summed E-state index contributed by atoms with van der Waals surface area (Å²) < 4.78 is 11.0. The Morgan fingerprint density at radius 2 is 1.55 bits per heavy atom. The normalized spacial score (nSPS) is 12.0. The Morgan fingerprint density at radius 1 is 0.793 bits per heavy atom. The smallest absolute Gasteiger partial charge is 0.259 e. The number of benzene rings is 4. The molecule has 0 atom stereocenters. The number of aromatic nitrogens is 2. The molecule has 0 radical (unpaired) electrons. The van der Waals surface area contributed by atoms with E-state index in [1.165, 1.54) is 49.7 Å². The van der Waals surface area contributed by atoms with Crippen LogP contribution in [0.5, 0.6) is 0 Å². The van der Waals surface area contributed by atoms with Crippen LogP contribution in [0.15, 0.2) is 77.2 Å². The van der Waals surface area contributed by atoms with Crippen LogP contribution in [0.1, 0.15) is 11.4 Å². The highest BCUT2D eigenvalue weighted by atomic mass is 16.3. The van der Waals surface area contributed by atoms with Gasteiger partial charge in [-0.1, -0.05) is 42.5 Å². The highest BCUT2D eigenvalue weighted by molar-refractivity contribution is 6.21. The summed E-state index contributed by atoms with van der Waals surface area (Å²) >= 11 is 0. The zero-order valence-electron chi connectivity index (χ0n) is 16.7. The summed E-state index contributed by atoms with van der Waals surface area (Å²) in [5.41, 5.74) is 6.77. The molecule has 0 saturated heterocycles. The number of hydrogen-bond donors (Lipinski definition) is 0. The minimum absolute atomic E-state index is 0.935. The first-order valence-electron chi connectivity index (χ1n) is 9.95. The van der Waals surface area contributed by atoms with Crippen molar-refractivity contribution in [3.05, 3.63) is 84.2 Å². The van der Waals surface area contributed by atoms with Crippen molar-refractivity contribution >= 4 is 43.7 Å². The van der Waals surface area contributed by atoms with E-state index in [9.17, 15) is 0 Å². The van der Waals surface area contributed by atoms with Crippen LogP contribution in [0.25, 0.3) is 49.4 Å². The highest BCUT2D eigenvalue weighted by Crippen LogP contribution is 2.37. The molecule has 6 rings (SSSR count). The highest BCUT2D eigenvalue weighted by Gasteiger charge is 2.25. The number of nitrogens with zero attached hydrogens (tertiary/aromatic N) is 2. The molecule has 0 amide bonds. The van der Waals surface area contributed by atoms with Crippen molar-refractivity contribution in [3.63, 3.8) is 0 Å². The lowest BCUT2D eigenvalue weighted by Crippen LogP contribution is -2.31. The Bertz CT molecular complexity index is 1580. The molecule has 2 heterocycles. The zero-order valence-corrected chi connectivity index (χ0v) is 16.7. The number of para-hydroxylation sites is 2. The largest absolute Gasteiger partial charge is 0.455 e. The van der Waals surface area contributed by atoms with Crippen LogP contribution < -0.4 is 4.57 Å². The second-order valence-corrected chi connectivity index (χ2v) is 7.80. The number of furan rings is 1. The minimum Gasteiger partial charge on any atom is -0.455 e. The fourth-order valence-corrected chi connectivity index (χ4v) is 4.69. The van der Waals surface area contributed by atoms with Crippen molar-refractivity contribution in [2.75, 3.05) is 0 Å². The molecule has 0 unspecified atom stereocenters. The molecular weight excluding hydrogens is 356 g/mol. The standard InChI is InChI=1S/C26H21N2O/c1-16-8-4-6-10-21(16)28-17(2)27(3)25-22(28)15-13-18-12-14-20-19-9-5-7-11-23(19)29-26(20)24(18)25/h4-15H,1-3H3/q+1. The SMILES string of the molecule is Cc1ccccc1-n1c(C)[n+](C)c2c3c(ccc4c5ccccc5oc43)ccc21. The summed E-state index contributed by atoms with van der Waals surface area (Å²) in [5.74, 6) is 1.19. The number of imidazole rings is 1. The molecule has 0 bridgehead atoms. The fourth-order valence-electron chi connectivity index (χ4n) is 4.69. The van der Waals surface area contributed by atoms with Crippen molar-refractivity contribution in [3.8, 4) is 5.69 Å². The average molecular weight is 377 g/mol. The molecule has 3 nitrogen and oxygen atoms in total. The van der Waals surface area contributed by atoms with Crippen molar-refractivity contribution < 1.29 is 8.98 Å². The van der Waals surface area contributed by atoms with E-state index in [-0.39, 0.29) is 0 Å². The molecule has 29 heavy (non-hydrogen) atoms. The van der Waals surface area contributed by atoms with Gasteiger partial charge < -0.3 is 4.42 Å². The van der Waals surface area contributed by atoms with Crippen molar-refractivity contribution in [2.45, 2.75) is 13.8 Å². The predicted octanol–water partition coefficient (Wildman–Crippen LogP) is 6.12. The number of hydrogen-bond acceptors (Lipinski definition) is 1. The summed E-state index contributed by atoms with van der Waals surface area (Å²) in [6, 6.07) is 25.7. The van der Waals surface area contributed by atoms with E-state index in [1.807, 2.05) is 12.1 Å². The molecular formula is C26H21N2O+. The number of fused-ring (bicyclic) bond motifs is 7. The Balaban J connectivity index is 1.85. The molecule has 0 aliphatic carbocycles. The lowest BCUT2D eigenvalue weighted by molar-refractivity contribution is -0.651. The molecule has 0 spiro atoms. The first kappa shape index (κ1) is 16.4. The molecule has 0 saturated carbocycles. The van der Waals surface area contributed by atoms with E-state index in [0.29, 0.717) is 0 Å². The monoisotopic (exact) mass is 377 g/mol. The number of rotatable bonds is 1. The van der Waals surface area contributed by atoms with Crippen LogP contribution in [-0.4, -0.2) is 4.57 Å². The second-order valence-electron chi connectivity index (χ2n) is 7.80. The zero-order chi connectivity index (χ0) is 19.7. The maximum atomic E-state index is 6.38. The van der Waals surface area contributed by atoms with Gasteiger partial charge in [-0.25, -0.2) is 4.57 Å². The predicted molar refractivity (Wildman–Crippen MR) is 119 cm³/mol. The Morgan fingerprint density at radius 3 is 2.41 bits per heavy atom. The lowest BCUT2D eigenvalue weighted by atomic mass is 10.0. The lowest BCUT2D eigenvalue weighted by Gasteiger charge is -2.04. The molecule has 0 N–H and O–H groups in total. The van der Waals surface area contributed by atoms with Crippen molar-refractivity contribution in [2.24, 2.45) is 7.05 Å². The van der Waals surface area contributed by atoms with Crippen molar-refractivity contribution in [1.29, 1.82) is 0 Å². The maximum absolute atomic E-state index is 6.38. The summed E-state index contributed by atoms with van der Waals surface area (Å²) in [6.45, 7) is 4.34. The van der Waals surface area contributed by atoms with Gasteiger partial charge in [0.15, 0.2) is 11.0 Å². The summed E-state index contributed by atoms with van der Waals surface area (Å²) in [7, 11) is 2.15. The van der Waals surface area contributed by atoms with E-state index in [0.717, 1.165) is 11.2 Å². The molecule has 3 heteroatoms. The third-order valence-corrected chi connectivity index (χ3v) is 6.22. The summed E-state index contributed by atoms with van der Waals surface area (Å²) in [4.78, 5) is 0. The molecule has 6 aromatic rings. The van der Waals surface area contributed by atoms with Gasteiger partial charge in [0.25, 0.3) is 5.82 Å². The van der Waals surface area contributed by atoms with Gasteiger partial charge in [-0.05, 0) is 48.2 Å². The Hall–Kier alpha value is -3.59. The van der Waals surface area contributed by atoms with Crippen LogP contribution in [0.2, 0.25) is 0 Å². The minimum atomic E-state index is 0.935. The molecule has 140 valence electrons. The third kappa shape index (κ3) is 2.10.